The first kappa shape index (κ1) is 74.8. The molecule has 0 spiro atoms. The van der Waals surface area contributed by atoms with Crippen LogP contribution in [0.1, 0.15) is 258 Å². The summed E-state index contributed by atoms with van der Waals surface area (Å²) in [6, 6.07) is 0. The minimum atomic E-state index is -0.819. The van der Waals surface area contributed by atoms with E-state index in [1.807, 2.05) is 0 Å². The summed E-state index contributed by atoms with van der Waals surface area (Å²) in [4.78, 5) is 38.3. The first-order valence-electron chi connectivity index (χ1n) is 32.1. The van der Waals surface area contributed by atoms with Crippen LogP contribution >= 0.6 is 0 Å². The number of hydrogen-bond donors (Lipinski definition) is 0. The van der Waals surface area contributed by atoms with Crippen LogP contribution in [0.2, 0.25) is 0 Å². The average Bonchev–Trinajstić information content (AvgIpc) is 3.46. The number of unbranched alkanes of at least 4 members (excludes halogenated alkanes) is 17. The largest absolute Gasteiger partial charge is 0.462 e. The van der Waals surface area contributed by atoms with Crippen LogP contribution in [0.3, 0.4) is 0 Å². The molecule has 0 rings (SSSR count). The molecular formula is C74H116O6. The van der Waals surface area contributed by atoms with Crippen LogP contribution in [0.4, 0.5) is 0 Å². The number of carbonyl (C=O) groups is 3. The molecule has 0 radical (unpaired) electrons. The lowest BCUT2D eigenvalue weighted by molar-refractivity contribution is -0.167. The Labute approximate surface area is 492 Å². The van der Waals surface area contributed by atoms with E-state index in [-0.39, 0.29) is 37.5 Å². The molecule has 0 aromatic carbocycles. The van der Waals surface area contributed by atoms with Gasteiger partial charge in [0, 0.05) is 19.3 Å². The van der Waals surface area contributed by atoms with Gasteiger partial charge in [-0.15, -0.1) is 0 Å². The first-order valence-corrected chi connectivity index (χ1v) is 32.1. The van der Waals surface area contributed by atoms with Gasteiger partial charge in [-0.3, -0.25) is 14.4 Å². The summed E-state index contributed by atoms with van der Waals surface area (Å²) in [5.41, 5.74) is 0. The zero-order valence-corrected chi connectivity index (χ0v) is 51.3. The molecule has 0 bridgehead atoms. The van der Waals surface area contributed by atoms with Crippen molar-refractivity contribution in [3.63, 3.8) is 0 Å². The highest BCUT2D eigenvalue weighted by Crippen LogP contribution is 2.14. The van der Waals surface area contributed by atoms with Crippen molar-refractivity contribution < 1.29 is 28.6 Å². The first-order chi connectivity index (χ1) is 39.5. The molecule has 0 saturated heterocycles. The molecule has 0 amide bonds. The molecule has 0 fully saturated rings. The Kier molecular flexibility index (Phi) is 61.9. The predicted octanol–water partition coefficient (Wildman–Crippen LogP) is 22.3. The van der Waals surface area contributed by atoms with Crippen molar-refractivity contribution >= 4 is 17.9 Å². The van der Waals surface area contributed by atoms with Gasteiger partial charge in [-0.2, -0.15) is 0 Å². The van der Waals surface area contributed by atoms with E-state index in [0.717, 1.165) is 154 Å². The Morgan fingerprint density at radius 2 is 0.487 bits per heavy atom. The Morgan fingerprint density at radius 3 is 0.762 bits per heavy atom. The molecule has 0 saturated carbocycles. The fourth-order valence-corrected chi connectivity index (χ4v) is 8.23. The Balaban J connectivity index is 4.50. The summed E-state index contributed by atoms with van der Waals surface area (Å²) in [7, 11) is 0. The van der Waals surface area contributed by atoms with Crippen molar-refractivity contribution in [1.29, 1.82) is 0 Å². The Bertz CT molecular complexity index is 1840. The van der Waals surface area contributed by atoms with Crippen LogP contribution in [0.15, 0.2) is 170 Å². The van der Waals surface area contributed by atoms with Gasteiger partial charge in [0.05, 0.1) is 0 Å². The molecule has 0 N–H and O–H groups in total. The van der Waals surface area contributed by atoms with Crippen molar-refractivity contribution in [3.05, 3.63) is 170 Å². The third-order valence-corrected chi connectivity index (χ3v) is 13.0. The molecule has 0 aliphatic heterocycles. The van der Waals surface area contributed by atoms with Crippen LogP contribution in [0.25, 0.3) is 0 Å². The van der Waals surface area contributed by atoms with E-state index in [2.05, 4.69) is 191 Å². The van der Waals surface area contributed by atoms with Crippen LogP contribution in [0, 0.1) is 0 Å². The fourth-order valence-electron chi connectivity index (χ4n) is 8.23. The summed E-state index contributed by atoms with van der Waals surface area (Å²) in [6.07, 6.45) is 97.8. The zero-order valence-electron chi connectivity index (χ0n) is 51.3. The molecule has 0 aliphatic carbocycles. The van der Waals surface area contributed by atoms with Gasteiger partial charge in [-0.05, 0) is 135 Å². The average molecular weight is 1100 g/mol. The minimum Gasteiger partial charge on any atom is -0.462 e. The molecule has 1 unspecified atom stereocenters. The topological polar surface area (TPSA) is 78.9 Å². The van der Waals surface area contributed by atoms with Gasteiger partial charge in [0.1, 0.15) is 13.2 Å². The molecule has 6 heteroatoms. The van der Waals surface area contributed by atoms with Crippen molar-refractivity contribution in [2.75, 3.05) is 13.2 Å². The van der Waals surface area contributed by atoms with E-state index in [1.165, 1.54) is 57.8 Å². The molecule has 448 valence electrons. The van der Waals surface area contributed by atoms with Gasteiger partial charge in [0.25, 0.3) is 0 Å². The molecule has 0 aromatic rings. The van der Waals surface area contributed by atoms with Crippen molar-refractivity contribution in [2.24, 2.45) is 0 Å². The molecule has 6 nitrogen and oxygen atoms in total. The van der Waals surface area contributed by atoms with Crippen molar-refractivity contribution in [3.8, 4) is 0 Å². The fraction of sp³-hybridized carbons (Fsp3) is 0.581. The molecule has 0 aliphatic rings. The quantitative estimate of drug-likeness (QED) is 0.0261. The van der Waals surface area contributed by atoms with Crippen LogP contribution in [-0.4, -0.2) is 37.2 Å². The Morgan fingerprint density at radius 1 is 0.263 bits per heavy atom. The summed E-state index contributed by atoms with van der Waals surface area (Å²) >= 11 is 0. The monoisotopic (exact) mass is 1100 g/mol. The van der Waals surface area contributed by atoms with E-state index in [4.69, 9.17) is 14.2 Å². The lowest BCUT2D eigenvalue weighted by atomic mass is 10.0. The maximum atomic E-state index is 12.9. The third-order valence-electron chi connectivity index (χ3n) is 13.0. The van der Waals surface area contributed by atoms with Gasteiger partial charge in [-0.1, -0.05) is 274 Å². The summed E-state index contributed by atoms with van der Waals surface area (Å²) in [5, 5.41) is 0. The van der Waals surface area contributed by atoms with E-state index < -0.39 is 6.10 Å². The van der Waals surface area contributed by atoms with E-state index in [0.29, 0.717) is 19.3 Å². The van der Waals surface area contributed by atoms with E-state index >= 15 is 0 Å². The lowest BCUT2D eigenvalue weighted by Gasteiger charge is -2.18. The maximum Gasteiger partial charge on any atom is 0.306 e. The summed E-state index contributed by atoms with van der Waals surface area (Å²) < 4.78 is 16.9. The second-order valence-corrected chi connectivity index (χ2v) is 20.6. The summed E-state index contributed by atoms with van der Waals surface area (Å²) in [5.74, 6) is -0.981. The SMILES string of the molecule is CC/C=C\C/C=C\C/C=C\C/C=C\C/C=C\C/C=C\C/C=C\CCCCCC(=O)OCC(COC(=O)CCCCCCCCCCCCCC)OC(=O)CCCCC/C=C\C/C=C\C/C=C\C/C=C\C/C=C\C/C=C\C/C=C\CC. The minimum absolute atomic E-state index is 0.109. The standard InChI is InChI=1S/C74H116O6/c1-4-7-10-13-16-19-22-25-27-29-31-33-35-37-39-41-43-45-47-49-52-55-58-61-64-67-73(76)79-70-71(69-78-72(75)66-63-60-57-54-51-24-21-18-15-12-9-6-3)80-74(77)68-65-62-59-56-53-50-48-46-44-42-40-38-36-34-32-30-28-26-23-20-17-14-11-8-5-2/h7-8,10-11,16-17,19-20,25-28,31-34,37-40,43-46,49-50,52-53,71H,4-6,9,12-15,18,21-24,29-30,35-36,41-42,47-48,51,54-70H2,1-3H3/b10-7-,11-8-,19-16-,20-17-,27-25-,28-26-,33-31-,34-32-,39-37-,40-38-,45-43-,46-44-,52-49-,53-50-. The van der Waals surface area contributed by atoms with Crippen LogP contribution < -0.4 is 0 Å². The van der Waals surface area contributed by atoms with Crippen molar-refractivity contribution in [2.45, 2.75) is 264 Å². The highest BCUT2D eigenvalue weighted by atomic mass is 16.6. The number of allylic oxidation sites excluding steroid dienone is 28. The van der Waals surface area contributed by atoms with Crippen LogP contribution in [0.5, 0.6) is 0 Å². The maximum absolute atomic E-state index is 12.9. The second-order valence-electron chi connectivity index (χ2n) is 20.6. The number of esters is 3. The molecule has 0 aromatic heterocycles. The van der Waals surface area contributed by atoms with Gasteiger partial charge in [0.15, 0.2) is 6.10 Å². The highest BCUT2D eigenvalue weighted by molar-refractivity contribution is 5.71. The summed E-state index contributed by atoms with van der Waals surface area (Å²) in [6.45, 7) is 6.35. The zero-order chi connectivity index (χ0) is 57.8. The van der Waals surface area contributed by atoms with E-state index in [1.54, 1.807) is 0 Å². The molecule has 0 heterocycles. The van der Waals surface area contributed by atoms with Gasteiger partial charge in [0.2, 0.25) is 0 Å². The van der Waals surface area contributed by atoms with E-state index in [9.17, 15) is 14.4 Å². The van der Waals surface area contributed by atoms with Crippen LogP contribution in [-0.2, 0) is 28.6 Å². The highest BCUT2D eigenvalue weighted by Gasteiger charge is 2.19. The van der Waals surface area contributed by atoms with Crippen molar-refractivity contribution in [1.82, 2.24) is 0 Å². The third kappa shape index (κ3) is 63.6. The van der Waals surface area contributed by atoms with Gasteiger partial charge >= 0.3 is 17.9 Å². The second kappa shape index (κ2) is 66.3. The number of hydrogen-bond acceptors (Lipinski definition) is 6. The predicted molar refractivity (Wildman–Crippen MR) is 348 cm³/mol. The molecule has 1 atom stereocenters. The number of rotatable bonds is 56. The van der Waals surface area contributed by atoms with Gasteiger partial charge < -0.3 is 14.2 Å². The lowest BCUT2D eigenvalue weighted by Crippen LogP contribution is -2.30. The molecular weight excluding hydrogens is 985 g/mol. The Hall–Kier alpha value is -5.23. The number of carbonyl (C=O) groups excluding carboxylic acids is 3. The normalized spacial score (nSPS) is 13.3. The molecule has 80 heavy (non-hydrogen) atoms. The van der Waals surface area contributed by atoms with Gasteiger partial charge in [-0.25, -0.2) is 0 Å². The smallest absolute Gasteiger partial charge is 0.306 e. The number of ether oxygens (including phenoxy) is 3.